The molecule has 44 heavy (non-hydrogen) atoms. The summed E-state index contributed by atoms with van der Waals surface area (Å²) in [7, 11) is 6.30. The van der Waals surface area contributed by atoms with Crippen LogP contribution in [0.15, 0.2) is 12.1 Å². The van der Waals surface area contributed by atoms with E-state index in [2.05, 4.69) is 5.32 Å². The number of hydrogen-bond acceptors (Lipinski definition) is 10. The monoisotopic (exact) mass is 665 g/mol. The summed E-state index contributed by atoms with van der Waals surface area (Å²) >= 11 is 14.2. The van der Waals surface area contributed by atoms with Crippen molar-refractivity contribution >= 4 is 103 Å². The third-order valence-electron chi connectivity index (χ3n) is 6.84. The van der Waals surface area contributed by atoms with E-state index in [-0.39, 0.29) is 82.1 Å². The molecule has 0 saturated heterocycles. The molecule has 0 atom stereocenters. The van der Waals surface area contributed by atoms with Gasteiger partial charge in [0.1, 0.15) is 20.7 Å². The van der Waals surface area contributed by atoms with Gasteiger partial charge in [0.2, 0.25) is 0 Å². The third kappa shape index (κ3) is 4.62. The minimum Gasteiger partial charge on any atom is -0.344 e. The predicted molar refractivity (Wildman–Crippen MR) is 164 cm³/mol. The van der Waals surface area contributed by atoms with Crippen LogP contribution in [0.1, 0.15) is 77.0 Å². The molecule has 4 amide bonds. The second-order valence-corrected chi connectivity index (χ2v) is 12.9. The highest BCUT2D eigenvalue weighted by Gasteiger charge is 2.37. The van der Waals surface area contributed by atoms with Gasteiger partial charge in [-0.3, -0.25) is 34.1 Å². The Morgan fingerprint density at radius 1 is 0.773 bits per heavy atom. The van der Waals surface area contributed by atoms with Gasteiger partial charge in [0.15, 0.2) is 11.6 Å². The highest BCUT2D eigenvalue weighted by molar-refractivity contribution is 7.18. The van der Waals surface area contributed by atoms with Gasteiger partial charge in [0.25, 0.3) is 23.6 Å². The number of ketones is 2. The van der Waals surface area contributed by atoms with Crippen molar-refractivity contribution in [3.05, 3.63) is 63.9 Å². The van der Waals surface area contributed by atoms with Gasteiger partial charge in [-0.05, 0) is 12.1 Å². The zero-order chi connectivity index (χ0) is 32.4. The third-order valence-corrected chi connectivity index (χ3v) is 9.83. The Balaban J connectivity index is 0.000000177. The summed E-state index contributed by atoms with van der Waals surface area (Å²) in [6.07, 6.45) is -0.253. The standard InChI is InChI=1S/C16H13ClN4O2S.C13H4ClNO4S/c1-20(2)15(22)13-11-8(6-18)5-10(17)9(7-19)12(11)14(24-13)16(23)21(3)4;14-4-1-3-7-9-8(4)5(16)2-6(17)10(9)20-11(7)13(19)15-12(3)18/h5H,1-4H3;1H,2H2,(H,15,18,19). The SMILES string of the molecule is CN(C)C(=O)c1sc(C(=O)N(C)C)c2c(C#N)c(Cl)cc(C#N)c12.O=C1NC(=O)c2sc3c4c(c(Cl)cc1c24)C(=O)CC3=O. The summed E-state index contributed by atoms with van der Waals surface area (Å²) in [5, 5.41) is 22.6. The van der Waals surface area contributed by atoms with Crippen molar-refractivity contribution in [1.29, 1.82) is 10.5 Å². The van der Waals surface area contributed by atoms with Crippen molar-refractivity contribution in [2.45, 2.75) is 6.42 Å². The van der Waals surface area contributed by atoms with Gasteiger partial charge in [-0.15, -0.1) is 22.7 Å². The van der Waals surface area contributed by atoms with Crippen LogP contribution in [0, 0.1) is 22.7 Å². The molecule has 2 aliphatic rings. The van der Waals surface area contributed by atoms with Gasteiger partial charge in [-0.25, -0.2) is 0 Å². The van der Waals surface area contributed by atoms with Gasteiger partial charge < -0.3 is 9.80 Å². The number of carbonyl (C=O) groups excluding carboxylic acids is 6. The van der Waals surface area contributed by atoms with Crippen LogP contribution in [0.2, 0.25) is 10.0 Å². The maximum absolute atomic E-state index is 12.5. The van der Waals surface area contributed by atoms with E-state index in [1.54, 1.807) is 28.2 Å². The molecule has 0 fully saturated rings. The molecular formula is C29H17Cl2N5O6S2. The molecule has 0 radical (unpaired) electrons. The fourth-order valence-corrected chi connectivity index (χ4v) is 7.96. The lowest BCUT2D eigenvalue weighted by Gasteiger charge is -2.16. The molecule has 220 valence electrons. The van der Waals surface area contributed by atoms with E-state index in [9.17, 15) is 39.3 Å². The van der Waals surface area contributed by atoms with Crippen LogP contribution in [0.4, 0.5) is 0 Å². The molecule has 2 aromatic heterocycles. The quantitative estimate of drug-likeness (QED) is 0.233. The van der Waals surface area contributed by atoms with Crippen LogP contribution in [0.3, 0.4) is 0 Å². The maximum atomic E-state index is 12.5. The average Bonchev–Trinajstić information content (AvgIpc) is 3.55. The molecule has 0 unspecified atom stereocenters. The number of benzene rings is 2. The number of nitrogens with one attached hydrogen (secondary N) is 1. The van der Waals surface area contributed by atoms with Crippen LogP contribution in [-0.2, 0) is 0 Å². The lowest BCUT2D eigenvalue weighted by atomic mass is 9.89. The van der Waals surface area contributed by atoms with Crippen LogP contribution in [0.5, 0.6) is 0 Å². The van der Waals surface area contributed by atoms with Crippen molar-refractivity contribution in [3.63, 3.8) is 0 Å². The lowest BCUT2D eigenvalue weighted by molar-refractivity contribution is 0.0827. The number of rotatable bonds is 2. The number of imide groups is 1. The normalized spacial score (nSPS) is 13.2. The number of nitrogens with zero attached hydrogens (tertiary/aromatic N) is 4. The molecule has 11 nitrogen and oxygen atoms in total. The number of halogens is 2. The number of thiophene rings is 2. The summed E-state index contributed by atoms with van der Waals surface area (Å²) in [5.41, 5.74) is 0.719. The van der Waals surface area contributed by atoms with Gasteiger partial charge in [-0.1, -0.05) is 23.2 Å². The first-order chi connectivity index (χ1) is 20.7. The number of fused-ring (bicyclic) bond motifs is 1. The highest BCUT2D eigenvalue weighted by atomic mass is 35.5. The average molecular weight is 667 g/mol. The summed E-state index contributed by atoms with van der Waals surface area (Å²) in [4.78, 5) is 76.5. The summed E-state index contributed by atoms with van der Waals surface area (Å²) < 4.78 is 0. The first-order valence-corrected chi connectivity index (χ1v) is 14.9. The Bertz CT molecular complexity index is 2150. The highest BCUT2D eigenvalue weighted by Crippen LogP contribution is 2.44. The summed E-state index contributed by atoms with van der Waals surface area (Å²) in [5.74, 6) is -2.51. The Morgan fingerprint density at radius 2 is 1.39 bits per heavy atom. The predicted octanol–water partition coefficient (Wildman–Crippen LogP) is 4.91. The first-order valence-electron chi connectivity index (χ1n) is 12.5. The summed E-state index contributed by atoms with van der Waals surface area (Å²) in [6, 6.07) is 6.71. The smallest absolute Gasteiger partial charge is 0.268 e. The number of carbonyl (C=O) groups is 6. The minimum absolute atomic E-state index is 0.0796. The van der Waals surface area contributed by atoms with E-state index in [0.717, 1.165) is 22.7 Å². The first kappa shape index (κ1) is 30.8. The Hall–Kier alpha value is -4.66. The van der Waals surface area contributed by atoms with Crippen molar-refractivity contribution in [1.82, 2.24) is 15.1 Å². The van der Waals surface area contributed by atoms with E-state index in [1.807, 2.05) is 12.1 Å². The van der Waals surface area contributed by atoms with Crippen molar-refractivity contribution in [2.24, 2.45) is 0 Å². The van der Waals surface area contributed by atoms with E-state index < -0.39 is 11.8 Å². The van der Waals surface area contributed by atoms with Crippen LogP contribution < -0.4 is 5.32 Å². The molecule has 0 saturated carbocycles. The Morgan fingerprint density at radius 3 is 1.95 bits per heavy atom. The zero-order valence-corrected chi connectivity index (χ0v) is 26.3. The number of hydrogen-bond donors (Lipinski definition) is 1. The second-order valence-electron chi connectivity index (χ2n) is 10.0. The molecule has 0 bridgehead atoms. The topological polar surface area (TPSA) is 169 Å². The van der Waals surface area contributed by atoms with Crippen molar-refractivity contribution in [2.75, 3.05) is 28.2 Å². The van der Waals surface area contributed by atoms with E-state index in [4.69, 9.17) is 23.2 Å². The van der Waals surface area contributed by atoms with Crippen LogP contribution in [-0.4, -0.2) is 73.2 Å². The zero-order valence-electron chi connectivity index (χ0n) is 23.2. The van der Waals surface area contributed by atoms with Gasteiger partial charge in [0.05, 0.1) is 44.1 Å². The maximum Gasteiger partial charge on any atom is 0.268 e. The fourth-order valence-electron chi connectivity index (χ4n) is 4.89. The van der Waals surface area contributed by atoms with E-state index in [0.29, 0.717) is 21.0 Å². The van der Waals surface area contributed by atoms with Gasteiger partial charge >= 0.3 is 0 Å². The van der Waals surface area contributed by atoms with Crippen LogP contribution >= 0.6 is 45.9 Å². The minimum atomic E-state index is -0.564. The van der Waals surface area contributed by atoms with E-state index >= 15 is 0 Å². The van der Waals surface area contributed by atoms with Crippen LogP contribution in [0.25, 0.3) is 21.5 Å². The number of nitriles is 2. The fraction of sp³-hybridized carbons (Fsp3) is 0.172. The molecule has 15 heteroatoms. The molecule has 0 spiro atoms. The molecule has 1 aliphatic carbocycles. The molecule has 3 heterocycles. The van der Waals surface area contributed by atoms with Gasteiger partial charge in [0, 0.05) is 55.3 Å². The molecule has 1 aliphatic heterocycles. The molecular weight excluding hydrogens is 649 g/mol. The Kier molecular flexibility index (Phi) is 7.78. The van der Waals surface area contributed by atoms with Crippen molar-refractivity contribution in [3.8, 4) is 12.1 Å². The largest absolute Gasteiger partial charge is 0.344 e. The molecule has 1 N–H and O–H groups in total. The number of Topliss-reactive ketones (excluding diaryl/α,β-unsaturated/α-hetero) is 2. The molecule has 6 rings (SSSR count). The number of amides is 4. The molecule has 2 aromatic carbocycles. The Labute approximate surface area is 266 Å². The second kappa shape index (κ2) is 11.1. The summed E-state index contributed by atoms with van der Waals surface area (Å²) in [6.45, 7) is 0. The van der Waals surface area contributed by atoms with E-state index in [1.165, 1.54) is 21.9 Å². The van der Waals surface area contributed by atoms with Gasteiger partial charge in [-0.2, -0.15) is 10.5 Å². The van der Waals surface area contributed by atoms with Crippen molar-refractivity contribution < 1.29 is 28.8 Å². The molecule has 4 aromatic rings. The lowest BCUT2D eigenvalue weighted by Crippen LogP contribution is -2.33.